The molecule has 1 aromatic heterocycles. The number of hydrogen-bond donors (Lipinski definition) is 1. The van der Waals surface area contributed by atoms with Gasteiger partial charge in [0.2, 0.25) is 5.91 Å². The summed E-state index contributed by atoms with van der Waals surface area (Å²) in [5.74, 6) is 1.02. The minimum atomic E-state index is -0.959. The smallest absolute Gasteiger partial charge is 0.237 e. The van der Waals surface area contributed by atoms with Crippen molar-refractivity contribution in [2.45, 2.75) is 36.2 Å². The van der Waals surface area contributed by atoms with E-state index in [1.807, 2.05) is 41.3 Å². The van der Waals surface area contributed by atoms with E-state index in [2.05, 4.69) is 17.1 Å². The lowest BCUT2D eigenvalue weighted by molar-refractivity contribution is -0.140. The number of carbonyl (C=O) groups is 1. The third-order valence-corrected chi connectivity index (χ3v) is 8.13. The highest BCUT2D eigenvalue weighted by Gasteiger charge is 2.59. The van der Waals surface area contributed by atoms with Gasteiger partial charge in [-0.2, -0.15) is 0 Å². The van der Waals surface area contributed by atoms with Crippen LogP contribution >= 0.6 is 11.6 Å². The number of halogens is 1. The molecule has 1 N–H and O–H groups in total. The first kappa shape index (κ1) is 20.7. The molecule has 6 heteroatoms. The molecule has 6 rings (SSSR count). The fourth-order valence-corrected chi connectivity index (χ4v) is 6.36. The van der Waals surface area contributed by atoms with E-state index in [1.165, 1.54) is 11.1 Å². The van der Waals surface area contributed by atoms with E-state index in [0.29, 0.717) is 37.4 Å². The lowest BCUT2D eigenvalue weighted by Crippen LogP contribution is -2.51. The Bertz CT molecular complexity index is 1250. The Hall–Kier alpha value is -2.89. The molecule has 5 nitrogen and oxygen atoms in total. The number of piperidine rings is 1. The third-order valence-electron chi connectivity index (χ3n) is 7.90. The fraction of sp³-hybridized carbons (Fsp3) is 0.333. The summed E-state index contributed by atoms with van der Waals surface area (Å²) in [5, 5.41) is 11.9. The number of methoxy groups -OCH3 is 1. The van der Waals surface area contributed by atoms with Crippen molar-refractivity contribution in [1.82, 2.24) is 9.88 Å². The quantitative estimate of drug-likeness (QED) is 0.629. The van der Waals surface area contributed by atoms with E-state index in [1.54, 1.807) is 19.5 Å². The minimum absolute atomic E-state index is 0.0914. The van der Waals surface area contributed by atoms with Crippen LogP contribution in [0.25, 0.3) is 0 Å². The van der Waals surface area contributed by atoms with Crippen LogP contribution in [0.1, 0.15) is 53.0 Å². The molecule has 33 heavy (non-hydrogen) atoms. The van der Waals surface area contributed by atoms with Gasteiger partial charge < -0.3 is 14.7 Å². The van der Waals surface area contributed by atoms with Crippen LogP contribution in [-0.4, -0.2) is 41.1 Å². The molecule has 2 aromatic carbocycles. The third kappa shape index (κ3) is 2.89. The van der Waals surface area contributed by atoms with Crippen LogP contribution in [-0.2, 0) is 15.8 Å². The van der Waals surface area contributed by atoms with Crippen molar-refractivity contribution >= 4 is 17.5 Å². The summed E-state index contributed by atoms with van der Waals surface area (Å²) >= 11 is 6.42. The van der Waals surface area contributed by atoms with E-state index in [4.69, 9.17) is 16.3 Å². The zero-order valence-electron chi connectivity index (χ0n) is 18.4. The van der Waals surface area contributed by atoms with Gasteiger partial charge in [-0.25, -0.2) is 0 Å². The number of hydrogen-bond acceptors (Lipinski definition) is 4. The Morgan fingerprint density at radius 3 is 2.55 bits per heavy atom. The second-order valence-electron chi connectivity index (χ2n) is 9.41. The molecule has 0 spiro atoms. The molecule has 2 aliphatic carbocycles. The predicted molar refractivity (Wildman–Crippen MR) is 126 cm³/mol. The highest BCUT2D eigenvalue weighted by molar-refractivity contribution is 6.30. The normalized spacial score (nSPS) is 24.3. The van der Waals surface area contributed by atoms with Crippen LogP contribution in [0.4, 0.5) is 0 Å². The lowest BCUT2D eigenvalue weighted by atomic mass is 9.73. The van der Waals surface area contributed by atoms with Crippen LogP contribution < -0.4 is 4.74 Å². The lowest BCUT2D eigenvalue weighted by Gasteiger charge is -2.42. The van der Waals surface area contributed by atoms with Crippen LogP contribution in [0.3, 0.4) is 0 Å². The Morgan fingerprint density at radius 2 is 1.85 bits per heavy atom. The van der Waals surface area contributed by atoms with Gasteiger partial charge in [-0.05, 0) is 71.8 Å². The van der Waals surface area contributed by atoms with Gasteiger partial charge in [-0.3, -0.25) is 9.78 Å². The van der Waals surface area contributed by atoms with Crippen molar-refractivity contribution in [3.63, 3.8) is 0 Å². The summed E-state index contributed by atoms with van der Waals surface area (Å²) in [6.45, 7) is 0.984. The molecule has 3 aromatic rings. The number of fused-ring (bicyclic) bond motifs is 8. The first-order valence-corrected chi connectivity index (χ1v) is 11.7. The van der Waals surface area contributed by atoms with Crippen molar-refractivity contribution in [2.24, 2.45) is 0 Å². The number of rotatable bonds is 3. The molecule has 1 saturated heterocycles. The number of benzene rings is 2. The molecule has 2 heterocycles. The number of aliphatic hydroxyl groups is 1. The van der Waals surface area contributed by atoms with Gasteiger partial charge in [0.1, 0.15) is 11.2 Å². The van der Waals surface area contributed by atoms with E-state index in [-0.39, 0.29) is 11.8 Å². The molecule has 3 aliphatic rings. The summed E-state index contributed by atoms with van der Waals surface area (Å²) in [4.78, 5) is 20.4. The summed E-state index contributed by atoms with van der Waals surface area (Å²) in [7, 11) is 1.65. The number of amides is 1. The van der Waals surface area contributed by atoms with Crippen molar-refractivity contribution in [2.75, 3.05) is 20.2 Å². The van der Waals surface area contributed by atoms with Crippen LogP contribution in [0.5, 0.6) is 5.75 Å². The zero-order valence-corrected chi connectivity index (χ0v) is 19.2. The fourth-order valence-electron chi connectivity index (χ4n) is 6.19. The number of nitrogens with zero attached hydrogens (tertiary/aromatic N) is 2. The standard InChI is InChI=1S/C27H25ClN2O3/c1-33-19-5-7-21-22-15-27(24(21)14-19,23-13-18(28)4-6-20(22)23)25(31)30-11-8-26(32,9-12-30)17-3-2-10-29-16-17/h2-7,10,13-14,16,22,32H,8-9,11-12,15H2,1H3. The summed E-state index contributed by atoms with van der Waals surface area (Å²) < 4.78 is 5.52. The Morgan fingerprint density at radius 1 is 1.12 bits per heavy atom. The first-order chi connectivity index (χ1) is 16.0. The molecular formula is C27H25ClN2O3. The van der Waals surface area contributed by atoms with E-state index in [0.717, 1.165) is 22.4 Å². The van der Waals surface area contributed by atoms with E-state index >= 15 is 0 Å². The summed E-state index contributed by atoms with van der Waals surface area (Å²) in [6, 6.07) is 15.8. The topological polar surface area (TPSA) is 62.7 Å². The van der Waals surface area contributed by atoms with Gasteiger partial charge in [0.15, 0.2) is 0 Å². The average molecular weight is 461 g/mol. The number of aromatic nitrogens is 1. The molecule has 1 aliphatic heterocycles. The van der Waals surface area contributed by atoms with E-state index < -0.39 is 11.0 Å². The maximum atomic E-state index is 14.3. The van der Waals surface area contributed by atoms with Crippen LogP contribution in [0.15, 0.2) is 60.9 Å². The maximum absolute atomic E-state index is 14.3. The number of carbonyl (C=O) groups excluding carboxylic acids is 1. The average Bonchev–Trinajstić information content (AvgIpc) is 3.37. The van der Waals surface area contributed by atoms with Crippen molar-refractivity contribution in [3.05, 3.63) is 93.8 Å². The van der Waals surface area contributed by atoms with Crippen LogP contribution in [0.2, 0.25) is 5.02 Å². The SMILES string of the molecule is COc1ccc2c(c1)C1(C(=O)N3CCC(O)(c4cccnc4)CC3)CC2c2ccc(Cl)cc21. The van der Waals surface area contributed by atoms with E-state index in [9.17, 15) is 9.90 Å². The largest absolute Gasteiger partial charge is 0.497 e. The molecule has 168 valence electrons. The number of ether oxygens (including phenoxy) is 1. The van der Waals surface area contributed by atoms with Gasteiger partial charge >= 0.3 is 0 Å². The van der Waals surface area contributed by atoms with Crippen molar-refractivity contribution in [3.8, 4) is 5.75 Å². The second kappa shape index (κ2) is 7.31. The molecular weight excluding hydrogens is 436 g/mol. The van der Waals surface area contributed by atoms with Crippen molar-refractivity contribution in [1.29, 1.82) is 0 Å². The molecule has 2 unspecified atom stereocenters. The zero-order chi connectivity index (χ0) is 22.8. The molecule has 0 radical (unpaired) electrons. The highest BCUT2D eigenvalue weighted by atomic mass is 35.5. The molecule has 1 amide bonds. The summed E-state index contributed by atoms with van der Waals surface area (Å²) in [6.07, 6.45) is 5.10. The monoisotopic (exact) mass is 460 g/mol. The Balaban J connectivity index is 1.39. The molecule has 1 fully saturated rings. The van der Waals surface area contributed by atoms with Crippen LogP contribution in [0, 0.1) is 0 Å². The summed E-state index contributed by atoms with van der Waals surface area (Å²) in [5.41, 5.74) is 3.51. The number of pyridine rings is 1. The maximum Gasteiger partial charge on any atom is 0.237 e. The number of likely N-dealkylation sites (tertiary alicyclic amines) is 1. The highest BCUT2D eigenvalue weighted by Crippen LogP contribution is 2.61. The molecule has 2 bridgehead atoms. The predicted octanol–water partition coefficient (Wildman–Crippen LogP) is 4.39. The van der Waals surface area contributed by atoms with Gasteiger partial charge in [0.05, 0.1) is 12.7 Å². The van der Waals surface area contributed by atoms with Gasteiger partial charge in [0.25, 0.3) is 0 Å². The first-order valence-electron chi connectivity index (χ1n) is 11.4. The minimum Gasteiger partial charge on any atom is -0.497 e. The second-order valence-corrected chi connectivity index (χ2v) is 9.85. The van der Waals surface area contributed by atoms with Gasteiger partial charge in [-0.15, -0.1) is 0 Å². The Kier molecular flexibility index (Phi) is 4.58. The van der Waals surface area contributed by atoms with Gasteiger partial charge in [0, 0.05) is 42.0 Å². The van der Waals surface area contributed by atoms with Gasteiger partial charge in [-0.1, -0.05) is 29.8 Å². The molecule has 2 atom stereocenters. The van der Waals surface area contributed by atoms with Crippen molar-refractivity contribution < 1.29 is 14.6 Å². The molecule has 0 saturated carbocycles. The Labute approximate surface area is 198 Å².